The van der Waals surface area contributed by atoms with Gasteiger partial charge in [-0.05, 0) is 60.5 Å². The summed E-state index contributed by atoms with van der Waals surface area (Å²) in [7, 11) is 4.58. The number of hydrogen-bond donors (Lipinski definition) is 1. The summed E-state index contributed by atoms with van der Waals surface area (Å²) < 4.78 is 16.2. The molecular weight excluding hydrogens is 448 g/mol. The molecule has 4 rings (SSSR count). The molecule has 1 atom stereocenters. The molecule has 3 aromatic rings. The van der Waals surface area contributed by atoms with Crippen molar-refractivity contribution in [1.82, 2.24) is 9.88 Å². The lowest BCUT2D eigenvalue weighted by molar-refractivity contribution is -0.140. The number of pyridine rings is 1. The van der Waals surface area contributed by atoms with Crippen LogP contribution in [0.25, 0.3) is 5.76 Å². The molecule has 1 amide bonds. The number of ketones is 1. The van der Waals surface area contributed by atoms with Crippen LogP contribution in [-0.4, -0.2) is 48.0 Å². The fourth-order valence-electron chi connectivity index (χ4n) is 4.28. The number of rotatable bonds is 7. The van der Waals surface area contributed by atoms with E-state index in [9.17, 15) is 14.7 Å². The number of ether oxygens (including phenoxy) is 3. The highest BCUT2D eigenvalue weighted by molar-refractivity contribution is 6.46. The van der Waals surface area contributed by atoms with Crippen molar-refractivity contribution in [3.8, 4) is 17.2 Å². The van der Waals surface area contributed by atoms with Crippen LogP contribution in [-0.2, 0) is 16.1 Å². The standard InChI is InChI=1S/C27H26N2O6/c1-16-12-18(33-2)7-9-20(16)25(30)23-24(21-13-19(34-3)8-10-22(21)35-4)29(27(32)26(23)31)15-17-6-5-11-28-14-17/h5-14,24,30H,15H2,1-4H3/b25-23-. The Hall–Kier alpha value is -4.33. The third-order valence-electron chi connectivity index (χ3n) is 6.04. The first-order chi connectivity index (χ1) is 16.9. The van der Waals surface area contributed by atoms with Crippen molar-refractivity contribution >= 4 is 17.4 Å². The summed E-state index contributed by atoms with van der Waals surface area (Å²) in [4.78, 5) is 32.2. The number of amides is 1. The topological polar surface area (TPSA) is 98.2 Å². The molecule has 0 radical (unpaired) electrons. The molecule has 1 saturated heterocycles. The Morgan fingerprint density at radius 1 is 1.00 bits per heavy atom. The lowest BCUT2D eigenvalue weighted by Crippen LogP contribution is -2.29. The van der Waals surface area contributed by atoms with Gasteiger partial charge < -0.3 is 24.2 Å². The lowest BCUT2D eigenvalue weighted by Gasteiger charge is -2.27. The van der Waals surface area contributed by atoms with Crippen LogP contribution in [0.4, 0.5) is 0 Å². The second-order valence-electron chi connectivity index (χ2n) is 8.08. The summed E-state index contributed by atoms with van der Waals surface area (Å²) in [6, 6.07) is 12.9. The van der Waals surface area contributed by atoms with Crippen molar-refractivity contribution in [2.45, 2.75) is 19.5 Å². The van der Waals surface area contributed by atoms with Gasteiger partial charge in [-0.15, -0.1) is 0 Å². The summed E-state index contributed by atoms with van der Waals surface area (Å²) in [5, 5.41) is 11.4. The number of carbonyl (C=O) groups is 2. The van der Waals surface area contributed by atoms with E-state index in [4.69, 9.17) is 14.2 Å². The van der Waals surface area contributed by atoms with Gasteiger partial charge in [-0.3, -0.25) is 14.6 Å². The van der Waals surface area contributed by atoms with Gasteiger partial charge in [-0.2, -0.15) is 0 Å². The molecule has 1 aromatic heterocycles. The number of aryl methyl sites for hydroxylation is 1. The molecule has 180 valence electrons. The van der Waals surface area contributed by atoms with Gasteiger partial charge in [0, 0.05) is 30.1 Å². The first-order valence-corrected chi connectivity index (χ1v) is 10.9. The average Bonchev–Trinajstić information content (AvgIpc) is 3.13. The van der Waals surface area contributed by atoms with Crippen LogP contribution in [0.5, 0.6) is 17.2 Å². The van der Waals surface area contributed by atoms with E-state index in [2.05, 4.69) is 4.98 Å². The Kier molecular flexibility index (Phi) is 6.73. The van der Waals surface area contributed by atoms with Crippen molar-refractivity contribution in [2.24, 2.45) is 0 Å². The summed E-state index contributed by atoms with van der Waals surface area (Å²) in [5.74, 6) is -0.193. The van der Waals surface area contributed by atoms with E-state index in [0.717, 1.165) is 5.56 Å². The van der Waals surface area contributed by atoms with Gasteiger partial charge >= 0.3 is 0 Å². The molecule has 1 N–H and O–H groups in total. The molecular formula is C27H26N2O6. The molecule has 1 aliphatic heterocycles. The summed E-state index contributed by atoms with van der Waals surface area (Å²) in [6.07, 6.45) is 3.26. The van der Waals surface area contributed by atoms with Crippen LogP contribution in [0.2, 0.25) is 0 Å². The molecule has 1 unspecified atom stereocenters. The first-order valence-electron chi connectivity index (χ1n) is 10.9. The number of aliphatic hydroxyl groups excluding tert-OH is 1. The average molecular weight is 475 g/mol. The van der Waals surface area contributed by atoms with Crippen molar-refractivity contribution in [1.29, 1.82) is 0 Å². The van der Waals surface area contributed by atoms with E-state index in [-0.39, 0.29) is 17.9 Å². The molecule has 8 nitrogen and oxygen atoms in total. The zero-order valence-corrected chi connectivity index (χ0v) is 19.9. The van der Waals surface area contributed by atoms with Crippen molar-refractivity contribution in [3.05, 3.63) is 88.8 Å². The molecule has 1 fully saturated rings. The van der Waals surface area contributed by atoms with E-state index < -0.39 is 17.7 Å². The second-order valence-corrected chi connectivity index (χ2v) is 8.08. The van der Waals surface area contributed by atoms with Crippen LogP contribution >= 0.6 is 0 Å². The number of aliphatic hydroxyl groups is 1. The molecule has 2 aromatic carbocycles. The maximum Gasteiger partial charge on any atom is 0.295 e. The predicted octanol–water partition coefficient (Wildman–Crippen LogP) is 4.04. The Bertz CT molecular complexity index is 1300. The predicted molar refractivity (Wildman–Crippen MR) is 129 cm³/mol. The monoisotopic (exact) mass is 474 g/mol. The highest BCUT2D eigenvalue weighted by Crippen LogP contribution is 2.44. The smallest absolute Gasteiger partial charge is 0.295 e. The zero-order valence-electron chi connectivity index (χ0n) is 19.9. The highest BCUT2D eigenvalue weighted by Gasteiger charge is 2.47. The van der Waals surface area contributed by atoms with E-state index in [1.165, 1.54) is 19.1 Å². The van der Waals surface area contributed by atoms with Crippen molar-refractivity contribution in [2.75, 3.05) is 21.3 Å². The van der Waals surface area contributed by atoms with Crippen LogP contribution in [0.15, 0.2) is 66.5 Å². The Morgan fingerprint density at radius 3 is 2.34 bits per heavy atom. The molecule has 0 bridgehead atoms. The number of carbonyl (C=O) groups excluding carboxylic acids is 2. The van der Waals surface area contributed by atoms with Gasteiger partial charge in [0.15, 0.2) is 0 Å². The van der Waals surface area contributed by atoms with Crippen molar-refractivity contribution < 1.29 is 28.9 Å². The van der Waals surface area contributed by atoms with Gasteiger partial charge in [0.25, 0.3) is 11.7 Å². The van der Waals surface area contributed by atoms with E-state index in [0.29, 0.717) is 33.9 Å². The second kappa shape index (κ2) is 9.89. The van der Waals surface area contributed by atoms with Gasteiger partial charge in [0.1, 0.15) is 23.0 Å². The number of Topliss-reactive ketones (excluding diaryl/α,β-unsaturated/α-hetero) is 1. The molecule has 35 heavy (non-hydrogen) atoms. The molecule has 2 heterocycles. The first kappa shape index (κ1) is 23.8. The molecule has 8 heteroatoms. The summed E-state index contributed by atoms with van der Waals surface area (Å²) in [5.41, 5.74) is 2.34. The molecule has 0 saturated carbocycles. The summed E-state index contributed by atoms with van der Waals surface area (Å²) in [6.45, 7) is 1.91. The van der Waals surface area contributed by atoms with Gasteiger partial charge in [0.05, 0.1) is 32.9 Å². The number of methoxy groups -OCH3 is 3. The van der Waals surface area contributed by atoms with E-state index >= 15 is 0 Å². The molecule has 0 spiro atoms. The number of nitrogens with zero attached hydrogens (tertiary/aromatic N) is 2. The number of hydrogen-bond acceptors (Lipinski definition) is 7. The number of likely N-dealkylation sites (tertiary alicyclic amines) is 1. The third kappa shape index (κ3) is 4.42. The zero-order chi connectivity index (χ0) is 25.1. The van der Waals surface area contributed by atoms with Crippen molar-refractivity contribution in [3.63, 3.8) is 0 Å². The van der Waals surface area contributed by atoms with E-state index in [1.807, 2.05) is 6.07 Å². The minimum Gasteiger partial charge on any atom is -0.507 e. The largest absolute Gasteiger partial charge is 0.507 e. The minimum absolute atomic E-state index is 0.0290. The highest BCUT2D eigenvalue weighted by atomic mass is 16.5. The Balaban J connectivity index is 1.95. The van der Waals surface area contributed by atoms with Gasteiger partial charge in [-0.25, -0.2) is 0 Å². The Morgan fingerprint density at radius 2 is 1.71 bits per heavy atom. The SMILES string of the molecule is COc1ccc(/C(O)=C2/C(=O)C(=O)N(Cc3cccnc3)C2c2cc(OC)ccc2OC)c(C)c1. The lowest BCUT2D eigenvalue weighted by atomic mass is 9.93. The maximum atomic E-state index is 13.4. The van der Waals surface area contributed by atoms with Crippen LogP contribution < -0.4 is 14.2 Å². The minimum atomic E-state index is -0.915. The van der Waals surface area contributed by atoms with Gasteiger partial charge in [0.2, 0.25) is 0 Å². The maximum absolute atomic E-state index is 13.4. The molecule has 0 aliphatic carbocycles. The Labute approximate surface area is 203 Å². The van der Waals surface area contributed by atoms with Crippen LogP contribution in [0, 0.1) is 6.92 Å². The summed E-state index contributed by atoms with van der Waals surface area (Å²) >= 11 is 0. The van der Waals surface area contributed by atoms with E-state index in [1.54, 1.807) is 68.9 Å². The van der Waals surface area contributed by atoms with Gasteiger partial charge in [-0.1, -0.05) is 6.07 Å². The number of aromatic nitrogens is 1. The molecule has 1 aliphatic rings. The fraction of sp³-hybridized carbons (Fsp3) is 0.222. The van der Waals surface area contributed by atoms with Crippen LogP contribution in [0.1, 0.15) is 28.3 Å². The third-order valence-corrected chi connectivity index (χ3v) is 6.04. The normalized spacial score (nSPS) is 16.9. The fourth-order valence-corrected chi connectivity index (χ4v) is 4.28. The van der Waals surface area contributed by atoms with Crippen LogP contribution in [0.3, 0.4) is 0 Å². The quantitative estimate of drug-likeness (QED) is 0.314. The number of benzene rings is 2.